The van der Waals surface area contributed by atoms with Crippen molar-refractivity contribution in [3.05, 3.63) is 51.1 Å². The second kappa shape index (κ2) is 25.0. The molecule has 5 aliphatic rings. The van der Waals surface area contributed by atoms with Crippen LogP contribution in [0.3, 0.4) is 0 Å². The molecule has 0 bridgehead atoms. The van der Waals surface area contributed by atoms with Crippen molar-refractivity contribution < 1.29 is 46.8 Å². The summed E-state index contributed by atoms with van der Waals surface area (Å²) in [4.78, 5) is 52.0. The first-order chi connectivity index (χ1) is 43.1. The van der Waals surface area contributed by atoms with Crippen LogP contribution in [-0.4, -0.2) is 101 Å². The average Bonchev–Trinajstić information content (AvgIpc) is 0.774. The summed E-state index contributed by atoms with van der Waals surface area (Å²) < 4.78 is 59.4. The summed E-state index contributed by atoms with van der Waals surface area (Å²) in [6.45, 7) is 46.7. The van der Waals surface area contributed by atoms with Crippen molar-refractivity contribution in [3.8, 4) is 0 Å². The van der Waals surface area contributed by atoms with Crippen LogP contribution in [0, 0.1) is 0 Å². The van der Waals surface area contributed by atoms with E-state index >= 15 is 14.4 Å². The monoisotopic (exact) mass is 1260 g/mol. The van der Waals surface area contributed by atoms with Crippen LogP contribution in [0.2, 0.25) is 0 Å². The molecule has 92 heavy (non-hydrogen) atoms. The fourth-order valence-electron chi connectivity index (χ4n) is 15.3. The van der Waals surface area contributed by atoms with E-state index in [9.17, 15) is 0 Å². The van der Waals surface area contributed by atoms with E-state index in [0.29, 0.717) is 61.9 Å². The lowest BCUT2D eigenvalue weighted by atomic mass is 9.65. The van der Waals surface area contributed by atoms with Gasteiger partial charge in [-0.1, -0.05) is 161 Å². The van der Waals surface area contributed by atoms with Gasteiger partial charge in [0.1, 0.15) is 0 Å². The molecule has 0 atom stereocenters. The Bertz CT molecular complexity index is 3620. The summed E-state index contributed by atoms with van der Waals surface area (Å²) in [5.74, 6) is -0.723. The molecule has 5 aliphatic heterocycles. The Labute approximate surface area is 551 Å². The molecular formula is C75H108B4N2O11. The fourth-order valence-corrected chi connectivity index (χ4v) is 15.3. The second-order valence-corrected chi connectivity index (χ2v) is 32.2. The lowest BCUT2D eigenvalue weighted by Crippen LogP contribution is -2.53. The van der Waals surface area contributed by atoms with E-state index in [2.05, 4.69) is 79.7 Å². The molecule has 0 aliphatic carbocycles. The van der Waals surface area contributed by atoms with E-state index in [-0.39, 0.29) is 29.5 Å². The van der Waals surface area contributed by atoms with Crippen LogP contribution in [0.4, 0.5) is 0 Å². The molecule has 6 aromatic rings. The normalized spacial score (nSPS) is 21.2. The van der Waals surface area contributed by atoms with Crippen molar-refractivity contribution in [2.45, 2.75) is 324 Å². The maximum absolute atomic E-state index is 16.9. The molecule has 17 heteroatoms. The number of nitrogens with zero attached hydrogens (tertiary/aromatic N) is 2. The molecule has 2 amide bonds. The number of amides is 2. The Morgan fingerprint density at radius 1 is 0.348 bits per heavy atom. The minimum Gasteiger partial charge on any atom is -0.399 e. The van der Waals surface area contributed by atoms with Crippen LogP contribution in [0.25, 0.3) is 60.4 Å². The number of carbonyl (C=O) groups excluding carboxylic acids is 2. The lowest BCUT2D eigenvalue weighted by molar-refractivity contribution is 0.00578. The minimum absolute atomic E-state index is 0.145. The highest BCUT2D eigenvalue weighted by Crippen LogP contribution is 2.49. The van der Waals surface area contributed by atoms with Crippen LogP contribution in [0.1, 0.15) is 294 Å². The van der Waals surface area contributed by atoms with E-state index in [1.807, 2.05) is 87.7 Å². The molecule has 0 saturated carbocycles. The van der Waals surface area contributed by atoms with Crippen LogP contribution >= 0.6 is 0 Å². The average molecular weight is 1260 g/mol. The first kappa shape index (κ1) is 69.1. The van der Waals surface area contributed by atoms with Crippen LogP contribution in [0.5, 0.6) is 0 Å². The van der Waals surface area contributed by atoms with E-state index in [4.69, 9.17) is 43.8 Å². The molecule has 0 spiro atoms. The second-order valence-electron chi connectivity index (χ2n) is 32.2. The molecule has 1 aromatic heterocycles. The first-order valence-corrected chi connectivity index (χ1v) is 35.8. The number of aromatic nitrogens is 1. The summed E-state index contributed by atoms with van der Waals surface area (Å²) in [5, 5.41) is 7.70. The van der Waals surface area contributed by atoms with Gasteiger partial charge in [-0.3, -0.25) is 19.3 Å². The van der Waals surface area contributed by atoms with Crippen LogP contribution < -0.4 is 32.8 Å². The van der Waals surface area contributed by atoms with Crippen molar-refractivity contribution >= 4 is 123 Å². The largest absolute Gasteiger partial charge is 0.495 e. The van der Waals surface area contributed by atoms with Gasteiger partial charge in [-0.05, 0) is 191 Å². The predicted octanol–water partition coefficient (Wildman–Crippen LogP) is 14.8. The zero-order valence-corrected chi connectivity index (χ0v) is 60.0. The van der Waals surface area contributed by atoms with Crippen molar-refractivity contribution in [1.82, 2.24) is 9.47 Å². The summed E-state index contributed by atoms with van der Waals surface area (Å²) in [6, 6.07) is 8.01. The molecule has 13 nitrogen and oxygen atoms in total. The van der Waals surface area contributed by atoms with Crippen molar-refractivity contribution in [3.63, 3.8) is 0 Å². The molecule has 4 fully saturated rings. The highest BCUT2D eigenvalue weighted by atomic mass is 16.7. The number of benzene rings is 5. The number of pyridine rings is 1. The molecule has 0 unspecified atom stereocenters. The van der Waals surface area contributed by atoms with Gasteiger partial charge in [-0.2, -0.15) is 0 Å². The van der Waals surface area contributed by atoms with Gasteiger partial charge in [-0.15, -0.1) is 0 Å². The zero-order chi connectivity index (χ0) is 66.8. The number of unbranched alkanes of at least 4 members (excludes halogenated alkanes) is 12. The quantitative estimate of drug-likeness (QED) is 0.0169. The standard InChI is InChI=1S/C75H108B4N2O11/c1-22-26-30-34-38-47(39-35-31-27-23-2)80-46(5)57-53(76-85-68(6,7)69(8,9)86-76)42-49-51-44-55(78-89-72(14,15)73(16,17)90-78)61-64-59(51)52(50-43-54(60(65(80)82)63(57)58(49)50)77-87-70(10,11)71(12,13)88-77)45-56(79-91-74(18,19)75(20,21)92-79)62(64)67(84)81(66(61)83)48(40-36-32-28-24-3)41-37-33-29-25-4/h42-45,47-48H,5,22-41H2,1-4,6-21H3. The minimum atomic E-state index is -1.03. The summed E-state index contributed by atoms with van der Waals surface area (Å²) >= 11 is 0. The Kier molecular flexibility index (Phi) is 18.7. The maximum atomic E-state index is 16.9. The van der Waals surface area contributed by atoms with Gasteiger partial charge in [0.05, 0.1) is 44.8 Å². The van der Waals surface area contributed by atoms with Gasteiger partial charge in [0, 0.05) is 50.1 Å². The summed E-state index contributed by atoms with van der Waals surface area (Å²) in [6.07, 6.45) is 19.5. The number of fused-ring (bicyclic) bond motifs is 2. The Balaban J connectivity index is 1.35. The molecule has 0 N–H and O–H groups in total. The molecule has 0 radical (unpaired) electrons. The Hall–Kier alpha value is -4.31. The van der Waals surface area contributed by atoms with Gasteiger partial charge < -0.3 is 41.8 Å². The number of carbonyl (C=O) groups is 2. The molecular weight excluding hydrogens is 1150 g/mol. The Morgan fingerprint density at radius 3 is 0.935 bits per heavy atom. The van der Waals surface area contributed by atoms with Gasteiger partial charge in [-0.25, -0.2) is 0 Å². The van der Waals surface area contributed by atoms with E-state index in [1.165, 1.54) is 0 Å². The highest BCUT2D eigenvalue weighted by molar-refractivity contribution is 6.71. The maximum Gasteiger partial charge on any atom is 0.495 e. The van der Waals surface area contributed by atoms with E-state index in [0.717, 1.165) is 159 Å². The SMILES string of the molecule is C=c1c2c(B3OC(C)(C)C(C)(C)O3)cc3c4cc(B5OC(C)(C)C(C)(C)O5)c5c6c(c(B7OC(C)(C)C(C)(C)O7)cc(c7cc(B8OC(C)(C)C(C)(C)O8)c(c(=O)n1C(CCCCCC)CCCCCC)c2c37)c64)C(=O)N(C(CCCCCC)CCCCCC)C5=O. The zero-order valence-electron chi connectivity index (χ0n) is 60.0. The third-order valence-electron chi connectivity index (χ3n) is 23.7. The predicted molar refractivity (Wildman–Crippen MR) is 381 cm³/mol. The molecule has 6 heterocycles. The third kappa shape index (κ3) is 11.4. The van der Waals surface area contributed by atoms with E-state index < -0.39 is 73.3 Å². The van der Waals surface area contributed by atoms with E-state index in [1.54, 1.807) is 4.90 Å². The number of imide groups is 1. The van der Waals surface area contributed by atoms with Gasteiger partial charge in [0.25, 0.3) is 17.4 Å². The Morgan fingerprint density at radius 2 is 0.620 bits per heavy atom. The first-order valence-electron chi connectivity index (χ1n) is 35.8. The number of rotatable bonds is 26. The summed E-state index contributed by atoms with van der Waals surface area (Å²) in [5.41, 5.74) is -3.30. The van der Waals surface area contributed by atoms with Gasteiger partial charge >= 0.3 is 28.5 Å². The van der Waals surface area contributed by atoms with Crippen molar-refractivity contribution in [2.75, 3.05) is 0 Å². The fraction of sp³-hybridized carbons (Fsp3) is 0.667. The number of hydrogen-bond acceptors (Lipinski definition) is 11. The van der Waals surface area contributed by atoms with Gasteiger partial charge in [0.2, 0.25) is 0 Å². The van der Waals surface area contributed by atoms with Crippen LogP contribution in [0.15, 0.2) is 29.1 Å². The number of hydrogen-bond donors (Lipinski definition) is 0. The summed E-state index contributed by atoms with van der Waals surface area (Å²) in [7, 11) is -3.95. The molecule has 11 rings (SSSR count). The molecule has 496 valence electrons. The van der Waals surface area contributed by atoms with Crippen molar-refractivity contribution in [1.29, 1.82) is 0 Å². The topological polar surface area (TPSA) is 133 Å². The van der Waals surface area contributed by atoms with Gasteiger partial charge in [0.15, 0.2) is 0 Å². The molecule has 5 aromatic carbocycles. The highest BCUT2D eigenvalue weighted by Gasteiger charge is 2.58. The smallest absolute Gasteiger partial charge is 0.399 e. The lowest BCUT2D eigenvalue weighted by Gasteiger charge is -2.37. The van der Waals surface area contributed by atoms with Crippen LogP contribution in [-0.2, 0) is 37.2 Å². The third-order valence-corrected chi connectivity index (χ3v) is 23.7. The molecule has 4 saturated heterocycles. The van der Waals surface area contributed by atoms with Crippen molar-refractivity contribution in [2.24, 2.45) is 0 Å².